The van der Waals surface area contributed by atoms with Crippen LogP contribution in [-0.2, 0) is 12.7 Å². The number of hydrogen-bond acceptors (Lipinski definition) is 4. The summed E-state index contributed by atoms with van der Waals surface area (Å²) < 4.78 is 38.2. The van der Waals surface area contributed by atoms with Gasteiger partial charge < -0.3 is 10.6 Å². The van der Waals surface area contributed by atoms with E-state index in [9.17, 15) is 22.8 Å². The monoisotopic (exact) mass is 418 g/mol. The molecular formula is C21H21F3N4O2. The lowest BCUT2D eigenvalue weighted by molar-refractivity contribution is -0.137. The van der Waals surface area contributed by atoms with Crippen LogP contribution in [0.5, 0.6) is 0 Å². The molecule has 2 saturated heterocycles. The first-order valence-corrected chi connectivity index (χ1v) is 9.68. The van der Waals surface area contributed by atoms with E-state index in [1.165, 1.54) is 18.2 Å². The average molecular weight is 418 g/mol. The quantitative estimate of drug-likeness (QED) is 0.828. The van der Waals surface area contributed by atoms with Crippen LogP contribution in [0, 0.1) is 5.92 Å². The zero-order chi connectivity index (χ0) is 21.5. The predicted molar refractivity (Wildman–Crippen MR) is 102 cm³/mol. The third-order valence-corrected chi connectivity index (χ3v) is 5.79. The molecule has 2 fully saturated rings. The van der Waals surface area contributed by atoms with Gasteiger partial charge in [0.1, 0.15) is 11.4 Å². The summed E-state index contributed by atoms with van der Waals surface area (Å²) in [5.74, 6) is -0.614. The van der Waals surface area contributed by atoms with Crippen molar-refractivity contribution >= 4 is 11.8 Å². The molecule has 0 bridgehead atoms. The third kappa shape index (κ3) is 4.02. The van der Waals surface area contributed by atoms with E-state index in [1.807, 2.05) is 0 Å². The van der Waals surface area contributed by atoms with Crippen LogP contribution in [0.25, 0.3) is 0 Å². The first-order valence-electron chi connectivity index (χ1n) is 9.68. The summed E-state index contributed by atoms with van der Waals surface area (Å²) in [6.45, 7) is 2.57. The number of carbonyl (C=O) groups is 2. The van der Waals surface area contributed by atoms with Crippen LogP contribution in [0.1, 0.15) is 38.5 Å². The van der Waals surface area contributed by atoms with Gasteiger partial charge >= 0.3 is 6.18 Å². The summed E-state index contributed by atoms with van der Waals surface area (Å²) in [6, 6.07) is 9.83. The van der Waals surface area contributed by atoms with Crippen LogP contribution in [0.3, 0.4) is 0 Å². The van der Waals surface area contributed by atoms with E-state index in [2.05, 4.69) is 9.88 Å². The SMILES string of the molecule is NC(=O)c1cccc(C(=O)N2CC[C@@H]3CN(Cc4ccc(C(F)(F)F)cc4)C[C@@H]32)n1. The number of rotatable bonds is 4. The average Bonchev–Trinajstić information content (AvgIpc) is 3.27. The van der Waals surface area contributed by atoms with Gasteiger partial charge in [-0.1, -0.05) is 18.2 Å². The molecule has 0 radical (unpaired) electrons. The smallest absolute Gasteiger partial charge is 0.364 e. The number of halogens is 3. The predicted octanol–water partition coefficient (Wildman–Crippen LogP) is 2.55. The molecule has 2 aromatic rings. The van der Waals surface area contributed by atoms with Crippen molar-refractivity contribution in [2.75, 3.05) is 19.6 Å². The molecule has 9 heteroatoms. The van der Waals surface area contributed by atoms with E-state index in [0.717, 1.165) is 30.7 Å². The van der Waals surface area contributed by atoms with Crippen LogP contribution < -0.4 is 5.73 Å². The summed E-state index contributed by atoms with van der Waals surface area (Å²) in [4.78, 5) is 32.3. The topological polar surface area (TPSA) is 79.5 Å². The van der Waals surface area contributed by atoms with Gasteiger partial charge in [0, 0.05) is 32.2 Å². The first-order chi connectivity index (χ1) is 14.2. The van der Waals surface area contributed by atoms with Crippen molar-refractivity contribution in [2.45, 2.75) is 25.2 Å². The molecule has 30 heavy (non-hydrogen) atoms. The maximum Gasteiger partial charge on any atom is 0.416 e. The lowest BCUT2D eigenvalue weighted by Crippen LogP contribution is -2.40. The molecule has 0 unspecified atom stereocenters. The van der Waals surface area contributed by atoms with Gasteiger partial charge in [0.25, 0.3) is 11.8 Å². The molecule has 6 nitrogen and oxygen atoms in total. The van der Waals surface area contributed by atoms with E-state index >= 15 is 0 Å². The van der Waals surface area contributed by atoms with Crippen molar-refractivity contribution in [1.82, 2.24) is 14.8 Å². The number of benzene rings is 1. The molecule has 2 aliphatic heterocycles. The van der Waals surface area contributed by atoms with Crippen molar-refractivity contribution in [1.29, 1.82) is 0 Å². The summed E-state index contributed by atoms with van der Waals surface area (Å²) in [7, 11) is 0. The van der Waals surface area contributed by atoms with Gasteiger partial charge in [-0.25, -0.2) is 4.98 Å². The van der Waals surface area contributed by atoms with Crippen LogP contribution in [0.15, 0.2) is 42.5 Å². The van der Waals surface area contributed by atoms with E-state index in [4.69, 9.17) is 5.73 Å². The second-order valence-electron chi connectivity index (χ2n) is 7.78. The molecule has 158 valence electrons. The maximum atomic E-state index is 12.9. The van der Waals surface area contributed by atoms with Crippen LogP contribution in [0.4, 0.5) is 13.2 Å². The molecular weight excluding hydrogens is 397 g/mol. The van der Waals surface area contributed by atoms with Crippen molar-refractivity contribution in [3.8, 4) is 0 Å². The molecule has 1 aromatic heterocycles. The Kier molecular flexibility index (Phi) is 5.23. The lowest BCUT2D eigenvalue weighted by atomic mass is 10.1. The molecule has 4 rings (SSSR count). The van der Waals surface area contributed by atoms with Gasteiger partial charge in [0.2, 0.25) is 0 Å². The number of aromatic nitrogens is 1. The summed E-state index contributed by atoms with van der Waals surface area (Å²) in [6.07, 6.45) is -3.49. The lowest BCUT2D eigenvalue weighted by Gasteiger charge is -2.25. The first kappa shape index (κ1) is 20.3. The molecule has 0 aliphatic carbocycles. The van der Waals surface area contributed by atoms with Crippen molar-refractivity contribution < 1.29 is 22.8 Å². The fourth-order valence-electron chi connectivity index (χ4n) is 4.33. The van der Waals surface area contributed by atoms with Gasteiger partial charge in [-0.05, 0) is 42.2 Å². The minimum atomic E-state index is -4.34. The highest BCUT2D eigenvalue weighted by molar-refractivity contribution is 5.96. The Morgan fingerprint density at radius 1 is 1.07 bits per heavy atom. The highest BCUT2D eigenvalue weighted by atomic mass is 19.4. The number of pyridine rings is 1. The molecule has 2 N–H and O–H groups in total. The van der Waals surface area contributed by atoms with Crippen molar-refractivity contribution in [3.63, 3.8) is 0 Å². The van der Waals surface area contributed by atoms with E-state index in [1.54, 1.807) is 17.0 Å². The van der Waals surface area contributed by atoms with E-state index in [0.29, 0.717) is 25.6 Å². The van der Waals surface area contributed by atoms with Gasteiger partial charge in [-0.2, -0.15) is 13.2 Å². The molecule has 3 heterocycles. The maximum absolute atomic E-state index is 12.9. The van der Waals surface area contributed by atoms with Crippen LogP contribution in [-0.4, -0.2) is 52.3 Å². The number of carbonyl (C=O) groups excluding carboxylic acids is 2. The molecule has 1 aromatic carbocycles. The highest BCUT2D eigenvalue weighted by Gasteiger charge is 2.43. The zero-order valence-corrected chi connectivity index (χ0v) is 16.1. The number of hydrogen-bond donors (Lipinski definition) is 1. The Hall–Kier alpha value is -2.94. The fraction of sp³-hybridized carbons (Fsp3) is 0.381. The third-order valence-electron chi connectivity index (χ3n) is 5.79. The van der Waals surface area contributed by atoms with E-state index < -0.39 is 17.6 Å². The van der Waals surface area contributed by atoms with Crippen molar-refractivity contribution in [2.24, 2.45) is 11.7 Å². The van der Waals surface area contributed by atoms with Crippen molar-refractivity contribution in [3.05, 3.63) is 65.0 Å². The van der Waals surface area contributed by atoms with Crippen LogP contribution >= 0.6 is 0 Å². The molecule has 2 amide bonds. The molecule has 0 saturated carbocycles. The largest absolute Gasteiger partial charge is 0.416 e. The van der Waals surface area contributed by atoms with Gasteiger partial charge in [-0.15, -0.1) is 0 Å². The second kappa shape index (κ2) is 7.71. The minimum Gasteiger partial charge on any atom is -0.364 e. The summed E-state index contributed by atoms with van der Waals surface area (Å²) >= 11 is 0. The van der Waals surface area contributed by atoms with Gasteiger partial charge in [0.05, 0.1) is 5.56 Å². The number of fused-ring (bicyclic) bond motifs is 1. The Labute approximate surface area is 171 Å². The normalized spacial score (nSPS) is 21.6. The number of nitrogens with two attached hydrogens (primary N) is 1. The molecule has 0 spiro atoms. The van der Waals surface area contributed by atoms with E-state index in [-0.39, 0.29) is 23.3 Å². The van der Waals surface area contributed by atoms with Gasteiger partial charge in [0.15, 0.2) is 0 Å². The summed E-state index contributed by atoms with van der Waals surface area (Å²) in [5, 5.41) is 0. The standard InChI is InChI=1S/C21H21F3N4O2/c22-21(23,24)15-6-4-13(5-7-15)10-27-11-14-8-9-28(18(14)12-27)20(30)17-3-1-2-16(26-17)19(25)29/h1-7,14,18H,8-12H2,(H2,25,29)/t14-,18+/m1/s1. The Morgan fingerprint density at radius 3 is 2.43 bits per heavy atom. The minimum absolute atomic E-state index is 0.0194. The summed E-state index contributed by atoms with van der Waals surface area (Å²) in [5.41, 5.74) is 5.63. The molecule has 2 aliphatic rings. The number of primary amides is 1. The van der Waals surface area contributed by atoms with Gasteiger partial charge in [-0.3, -0.25) is 14.5 Å². The number of amides is 2. The van der Waals surface area contributed by atoms with Crippen LogP contribution in [0.2, 0.25) is 0 Å². The Bertz CT molecular complexity index is 961. The fourth-order valence-corrected chi connectivity index (χ4v) is 4.33. The second-order valence-corrected chi connectivity index (χ2v) is 7.78. The Morgan fingerprint density at radius 2 is 1.77 bits per heavy atom. The number of alkyl halides is 3. The molecule has 2 atom stereocenters. The zero-order valence-electron chi connectivity index (χ0n) is 16.1. The Balaban J connectivity index is 1.42. The number of likely N-dealkylation sites (tertiary alicyclic amines) is 2. The highest BCUT2D eigenvalue weighted by Crippen LogP contribution is 2.34. The number of nitrogens with zero attached hydrogens (tertiary/aromatic N) is 3.